The fourth-order valence-electron chi connectivity index (χ4n) is 1.26. The Morgan fingerprint density at radius 3 is 2.58 bits per heavy atom. The summed E-state index contributed by atoms with van der Waals surface area (Å²) in [5.74, 6) is -1.58. The van der Waals surface area contributed by atoms with Crippen LogP contribution in [0.4, 0.5) is 28.0 Å². The van der Waals surface area contributed by atoms with Crippen molar-refractivity contribution in [3.8, 4) is 6.07 Å². The minimum Gasteiger partial charge on any atom is -0.450 e. The predicted molar refractivity (Wildman–Crippen MR) is 56.8 cm³/mol. The summed E-state index contributed by atoms with van der Waals surface area (Å²) in [6, 6.07) is 2.24. The topological polar surface area (TPSA) is 62.1 Å². The summed E-state index contributed by atoms with van der Waals surface area (Å²) in [7, 11) is 0. The van der Waals surface area contributed by atoms with Gasteiger partial charge >= 0.3 is 12.3 Å². The average molecular weight is 276 g/mol. The van der Waals surface area contributed by atoms with Crippen molar-refractivity contribution >= 4 is 11.8 Å². The molecule has 1 aromatic rings. The molecular formula is C11H8F4N2O2. The van der Waals surface area contributed by atoms with Gasteiger partial charge in [0.25, 0.3) is 0 Å². The Balaban J connectivity index is 3.23. The molecule has 0 aliphatic rings. The number of hydrogen-bond donors (Lipinski definition) is 1. The highest BCUT2D eigenvalue weighted by Crippen LogP contribution is 2.34. The van der Waals surface area contributed by atoms with Gasteiger partial charge in [0.1, 0.15) is 11.9 Å². The minimum atomic E-state index is -4.93. The van der Waals surface area contributed by atoms with Crippen LogP contribution in [0.15, 0.2) is 12.1 Å². The molecule has 0 heterocycles. The van der Waals surface area contributed by atoms with E-state index in [2.05, 4.69) is 4.74 Å². The number of anilines is 1. The molecule has 0 saturated carbocycles. The van der Waals surface area contributed by atoms with E-state index in [0.717, 1.165) is 0 Å². The maximum Gasteiger partial charge on any atom is 0.419 e. The first-order chi connectivity index (χ1) is 8.79. The third kappa shape index (κ3) is 3.58. The molecule has 19 heavy (non-hydrogen) atoms. The first-order valence-electron chi connectivity index (χ1n) is 5.04. The Labute approximate surface area is 105 Å². The van der Waals surface area contributed by atoms with Crippen LogP contribution in [0.25, 0.3) is 0 Å². The third-order valence-electron chi connectivity index (χ3n) is 2.05. The predicted octanol–water partition coefficient (Wildman–Crippen LogP) is 3.28. The zero-order chi connectivity index (χ0) is 14.6. The number of benzene rings is 1. The largest absolute Gasteiger partial charge is 0.450 e. The number of rotatable bonds is 2. The molecule has 0 atom stereocenters. The van der Waals surface area contributed by atoms with Crippen LogP contribution in [-0.2, 0) is 10.9 Å². The number of carbonyl (C=O) groups excluding carboxylic acids is 1. The number of alkyl halides is 3. The zero-order valence-electron chi connectivity index (χ0n) is 9.64. The molecule has 102 valence electrons. The van der Waals surface area contributed by atoms with Crippen LogP contribution in [0.5, 0.6) is 0 Å². The average Bonchev–Trinajstić information content (AvgIpc) is 2.29. The number of nitrogens with zero attached hydrogens (tertiary/aromatic N) is 1. The highest BCUT2D eigenvalue weighted by Gasteiger charge is 2.35. The maximum absolute atomic E-state index is 13.2. The standard InChI is InChI=1S/C11H8F4N2O2/c1-2-19-10(18)17-9-4-7(11(13,14)15)8(12)3-6(9)5-16/h3-4H,2H2,1H3,(H,17,18). The van der Waals surface area contributed by atoms with Crippen molar-refractivity contribution in [3.63, 3.8) is 0 Å². The van der Waals surface area contributed by atoms with Gasteiger partial charge in [0, 0.05) is 0 Å². The van der Waals surface area contributed by atoms with E-state index >= 15 is 0 Å². The van der Waals surface area contributed by atoms with Gasteiger partial charge in [0.15, 0.2) is 0 Å². The summed E-state index contributed by atoms with van der Waals surface area (Å²) in [4.78, 5) is 11.1. The van der Waals surface area contributed by atoms with E-state index in [9.17, 15) is 22.4 Å². The molecule has 1 aromatic carbocycles. The molecule has 8 heteroatoms. The number of amides is 1. The van der Waals surface area contributed by atoms with Crippen LogP contribution in [0.3, 0.4) is 0 Å². The normalized spacial score (nSPS) is 10.7. The summed E-state index contributed by atoms with van der Waals surface area (Å²) in [6.45, 7) is 1.50. The molecule has 0 fully saturated rings. The Kier molecular flexibility index (Phi) is 4.32. The smallest absolute Gasteiger partial charge is 0.419 e. The van der Waals surface area contributed by atoms with Gasteiger partial charge in [-0.05, 0) is 19.1 Å². The zero-order valence-corrected chi connectivity index (χ0v) is 9.64. The fraction of sp³-hybridized carbons (Fsp3) is 0.273. The van der Waals surface area contributed by atoms with Gasteiger partial charge in [0.05, 0.1) is 23.4 Å². The lowest BCUT2D eigenvalue weighted by Crippen LogP contribution is -2.16. The molecule has 0 spiro atoms. The van der Waals surface area contributed by atoms with Crippen molar-refractivity contribution in [2.45, 2.75) is 13.1 Å². The van der Waals surface area contributed by atoms with E-state index in [1.165, 1.54) is 13.0 Å². The lowest BCUT2D eigenvalue weighted by atomic mass is 10.1. The van der Waals surface area contributed by atoms with Gasteiger partial charge in [-0.1, -0.05) is 0 Å². The van der Waals surface area contributed by atoms with Gasteiger partial charge in [-0.25, -0.2) is 9.18 Å². The van der Waals surface area contributed by atoms with Crippen LogP contribution < -0.4 is 5.32 Å². The van der Waals surface area contributed by atoms with Crippen molar-refractivity contribution in [2.75, 3.05) is 11.9 Å². The molecule has 0 aliphatic heterocycles. The molecule has 0 bridgehead atoms. The van der Waals surface area contributed by atoms with Gasteiger partial charge in [0.2, 0.25) is 0 Å². The molecule has 0 aliphatic carbocycles. The Bertz CT molecular complexity index is 535. The second-order valence-corrected chi connectivity index (χ2v) is 3.33. The lowest BCUT2D eigenvalue weighted by Gasteiger charge is -2.12. The van der Waals surface area contributed by atoms with E-state index < -0.39 is 34.9 Å². The van der Waals surface area contributed by atoms with Crippen LogP contribution >= 0.6 is 0 Å². The number of halogens is 4. The highest BCUT2D eigenvalue weighted by atomic mass is 19.4. The summed E-state index contributed by atoms with van der Waals surface area (Å²) in [5.41, 5.74) is -2.47. The highest BCUT2D eigenvalue weighted by molar-refractivity contribution is 5.86. The van der Waals surface area contributed by atoms with Crippen LogP contribution in [0.2, 0.25) is 0 Å². The molecule has 0 saturated heterocycles. The number of nitriles is 1. The first kappa shape index (κ1) is 14.8. The van der Waals surface area contributed by atoms with Gasteiger partial charge in [-0.2, -0.15) is 18.4 Å². The Morgan fingerprint density at radius 2 is 2.11 bits per heavy atom. The van der Waals surface area contributed by atoms with Crippen molar-refractivity contribution in [2.24, 2.45) is 0 Å². The van der Waals surface area contributed by atoms with E-state index in [1.54, 1.807) is 0 Å². The molecule has 0 aromatic heterocycles. The van der Waals surface area contributed by atoms with Crippen molar-refractivity contribution in [1.82, 2.24) is 0 Å². The van der Waals surface area contributed by atoms with Gasteiger partial charge < -0.3 is 4.74 Å². The number of hydrogen-bond acceptors (Lipinski definition) is 3. The minimum absolute atomic E-state index is 0.00103. The number of nitrogens with one attached hydrogen (secondary N) is 1. The molecule has 0 unspecified atom stereocenters. The summed E-state index contributed by atoms with van der Waals surface area (Å²) in [6.07, 6.45) is -5.96. The van der Waals surface area contributed by atoms with Crippen molar-refractivity contribution in [3.05, 3.63) is 29.1 Å². The molecule has 4 nitrogen and oxygen atoms in total. The van der Waals surface area contributed by atoms with E-state index in [-0.39, 0.29) is 6.61 Å². The monoisotopic (exact) mass is 276 g/mol. The van der Waals surface area contributed by atoms with Crippen molar-refractivity contribution in [1.29, 1.82) is 5.26 Å². The second-order valence-electron chi connectivity index (χ2n) is 3.33. The van der Waals surface area contributed by atoms with Gasteiger partial charge in [-0.3, -0.25) is 5.32 Å². The summed E-state index contributed by atoms with van der Waals surface area (Å²) < 4.78 is 55.1. The van der Waals surface area contributed by atoms with Crippen molar-refractivity contribution < 1.29 is 27.1 Å². The molecule has 1 rings (SSSR count). The van der Waals surface area contributed by atoms with E-state index in [1.807, 2.05) is 5.32 Å². The molecular weight excluding hydrogens is 268 g/mol. The second kappa shape index (κ2) is 5.56. The number of ether oxygens (including phenoxy) is 1. The lowest BCUT2D eigenvalue weighted by molar-refractivity contribution is -0.139. The SMILES string of the molecule is CCOC(=O)Nc1cc(C(F)(F)F)c(F)cc1C#N. The van der Waals surface area contributed by atoms with E-state index in [0.29, 0.717) is 12.1 Å². The van der Waals surface area contributed by atoms with Crippen LogP contribution in [-0.4, -0.2) is 12.7 Å². The van der Waals surface area contributed by atoms with Crippen LogP contribution in [0, 0.1) is 17.1 Å². The maximum atomic E-state index is 13.2. The first-order valence-corrected chi connectivity index (χ1v) is 5.04. The Morgan fingerprint density at radius 1 is 1.47 bits per heavy atom. The molecule has 1 N–H and O–H groups in total. The van der Waals surface area contributed by atoms with Gasteiger partial charge in [-0.15, -0.1) is 0 Å². The Hall–Kier alpha value is -2.30. The summed E-state index contributed by atoms with van der Waals surface area (Å²) in [5, 5.41) is 10.6. The molecule has 0 radical (unpaired) electrons. The third-order valence-corrected chi connectivity index (χ3v) is 2.05. The quantitative estimate of drug-likeness (QED) is 0.843. The van der Waals surface area contributed by atoms with E-state index in [4.69, 9.17) is 5.26 Å². The fourth-order valence-corrected chi connectivity index (χ4v) is 1.26. The molecule has 1 amide bonds. The number of carbonyl (C=O) groups is 1. The van der Waals surface area contributed by atoms with Crippen LogP contribution in [0.1, 0.15) is 18.1 Å². The summed E-state index contributed by atoms with van der Waals surface area (Å²) >= 11 is 0.